The molecule has 1 saturated carbocycles. The number of rotatable bonds is 9. The van der Waals surface area contributed by atoms with E-state index in [1.54, 1.807) is 27.6 Å². The van der Waals surface area contributed by atoms with Gasteiger partial charge in [-0.05, 0) is 35.4 Å². The predicted molar refractivity (Wildman–Crippen MR) is 117 cm³/mol. The van der Waals surface area contributed by atoms with Crippen LogP contribution in [0.3, 0.4) is 0 Å². The SMILES string of the molecule is COC=C1[C@H]2OC3OC([C@@H]2OCc2ccc(OC)cc2)[C@H](OCc2ccc(OC)cc2)[C@H]1O3. The largest absolute Gasteiger partial charge is 0.504 e. The van der Waals surface area contributed by atoms with Gasteiger partial charge in [-0.25, -0.2) is 0 Å². The first kappa shape index (κ1) is 22.2. The number of ether oxygens (including phenoxy) is 8. The lowest BCUT2D eigenvalue weighted by atomic mass is 9.81. The molecule has 0 radical (unpaired) electrons. The Morgan fingerprint density at radius 2 is 1.18 bits per heavy atom. The Balaban J connectivity index is 1.33. The molecule has 4 fully saturated rings. The summed E-state index contributed by atoms with van der Waals surface area (Å²) in [7, 11) is 4.90. The third kappa shape index (κ3) is 4.45. The van der Waals surface area contributed by atoms with Crippen LogP contribution in [0.2, 0.25) is 0 Å². The summed E-state index contributed by atoms with van der Waals surface area (Å²) >= 11 is 0. The van der Waals surface area contributed by atoms with Gasteiger partial charge in [0.15, 0.2) is 0 Å². The maximum Gasteiger partial charge on any atom is 0.273 e. The van der Waals surface area contributed by atoms with E-state index in [1.165, 1.54) is 0 Å². The lowest BCUT2D eigenvalue weighted by Gasteiger charge is -2.56. The minimum atomic E-state index is -0.735. The molecule has 176 valence electrons. The smallest absolute Gasteiger partial charge is 0.273 e. The molecule has 33 heavy (non-hydrogen) atoms. The Hall–Kier alpha value is -2.62. The van der Waals surface area contributed by atoms with Gasteiger partial charge in [-0.2, -0.15) is 0 Å². The number of hydrogen-bond donors (Lipinski definition) is 0. The summed E-state index contributed by atoms with van der Waals surface area (Å²) in [5, 5.41) is 0. The monoisotopic (exact) mass is 456 g/mol. The molecule has 3 aliphatic heterocycles. The second-order valence-corrected chi connectivity index (χ2v) is 8.10. The van der Waals surface area contributed by atoms with Crippen LogP contribution >= 0.6 is 0 Å². The molecule has 4 aliphatic rings. The van der Waals surface area contributed by atoms with Crippen molar-refractivity contribution in [1.29, 1.82) is 0 Å². The highest BCUT2D eigenvalue weighted by molar-refractivity contribution is 5.29. The lowest BCUT2D eigenvalue weighted by molar-refractivity contribution is -0.452. The molecule has 8 heteroatoms. The predicted octanol–water partition coefficient (Wildman–Crippen LogP) is 3.18. The lowest BCUT2D eigenvalue weighted by Crippen LogP contribution is -2.71. The van der Waals surface area contributed by atoms with E-state index in [9.17, 15) is 0 Å². The fourth-order valence-corrected chi connectivity index (χ4v) is 4.47. The van der Waals surface area contributed by atoms with E-state index in [0.29, 0.717) is 13.2 Å². The van der Waals surface area contributed by atoms with Crippen LogP contribution in [-0.4, -0.2) is 58.3 Å². The summed E-state index contributed by atoms with van der Waals surface area (Å²) in [6.07, 6.45) is -0.0618. The standard InChI is InChI=1S/C25H28O8/c1-26-14-19-20-22(29-12-15-4-8-17(27-2)9-5-15)24-23(21(19)32-25(31-20)33-24)30-13-16-6-10-18(28-3)11-7-16/h4-11,14,20-25H,12-13H2,1-3H3/t20-,21+,22-,23-,24?,25?/m1/s1. The number of methoxy groups -OCH3 is 3. The van der Waals surface area contributed by atoms with Crippen molar-refractivity contribution in [1.82, 2.24) is 0 Å². The highest BCUT2D eigenvalue weighted by atomic mass is 16.9. The molecule has 3 heterocycles. The molecular weight excluding hydrogens is 428 g/mol. The molecule has 0 amide bonds. The van der Waals surface area contributed by atoms with Gasteiger partial charge in [0, 0.05) is 5.57 Å². The first-order valence-corrected chi connectivity index (χ1v) is 10.9. The quantitative estimate of drug-likeness (QED) is 0.533. The molecule has 0 spiro atoms. The molecule has 6 rings (SSSR count). The molecule has 0 aromatic heterocycles. The van der Waals surface area contributed by atoms with E-state index in [-0.39, 0.29) is 30.5 Å². The third-order valence-corrected chi connectivity index (χ3v) is 6.14. The second-order valence-electron chi connectivity index (χ2n) is 8.10. The first-order valence-electron chi connectivity index (χ1n) is 10.9. The topological polar surface area (TPSA) is 73.8 Å². The van der Waals surface area contributed by atoms with Crippen molar-refractivity contribution in [3.63, 3.8) is 0 Å². The summed E-state index contributed by atoms with van der Waals surface area (Å²) in [5.74, 6) is 1.60. The number of benzene rings is 2. The van der Waals surface area contributed by atoms with Crippen LogP contribution in [0, 0.1) is 0 Å². The molecule has 8 nitrogen and oxygen atoms in total. The van der Waals surface area contributed by atoms with E-state index < -0.39 is 6.48 Å². The highest BCUT2D eigenvalue weighted by Gasteiger charge is 2.61. The van der Waals surface area contributed by atoms with Crippen LogP contribution in [0.1, 0.15) is 11.1 Å². The molecule has 0 N–H and O–H groups in total. The van der Waals surface area contributed by atoms with Gasteiger partial charge in [-0.15, -0.1) is 0 Å². The normalized spacial score (nSPS) is 31.1. The van der Waals surface area contributed by atoms with Gasteiger partial charge in [0.25, 0.3) is 6.48 Å². The van der Waals surface area contributed by atoms with Crippen molar-refractivity contribution >= 4 is 0 Å². The van der Waals surface area contributed by atoms with Crippen molar-refractivity contribution < 1.29 is 37.9 Å². The molecule has 2 aromatic rings. The zero-order chi connectivity index (χ0) is 22.8. The summed E-state index contributed by atoms with van der Waals surface area (Å²) in [5.41, 5.74) is 2.90. The number of hydrogen-bond acceptors (Lipinski definition) is 8. The summed E-state index contributed by atoms with van der Waals surface area (Å²) < 4.78 is 46.4. The van der Waals surface area contributed by atoms with Gasteiger partial charge >= 0.3 is 0 Å². The van der Waals surface area contributed by atoms with Crippen LogP contribution in [-0.2, 0) is 41.6 Å². The molecular formula is C25H28O8. The fourth-order valence-electron chi connectivity index (χ4n) is 4.47. The van der Waals surface area contributed by atoms with Crippen LogP contribution in [0.5, 0.6) is 11.5 Å². The van der Waals surface area contributed by atoms with Gasteiger partial charge in [-0.3, -0.25) is 0 Å². The van der Waals surface area contributed by atoms with Crippen molar-refractivity contribution in [2.75, 3.05) is 21.3 Å². The minimum absolute atomic E-state index is 0.327. The zero-order valence-corrected chi connectivity index (χ0v) is 18.8. The fraction of sp³-hybridized carbons (Fsp3) is 0.440. The summed E-state index contributed by atoms with van der Waals surface area (Å²) in [6, 6.07) is 15.5. The Bertz CT molecular complexity index is 886. The van der Waals surface area contributed by atoms with E-state index in [0.717, 1.165) is 28.2 Å². The third-order valence-electron chi connectivity index (χ3n) is 6.14. The van der Waals surface area contributed by atoms with Crippen LogP contribution < -0.4 is 9.47 Å². The van der Waals surface area contributed by atoms with E-state index in [1.807, 2.05) is 48.5 Å². The second kappa shape index (κ2) is 9.70. The van der Waals surface area contributed by atoms with Crippen LogP contribution in [0.15, 0.2) is 60.4 Å². The molecule has 4 bridgehead atoms. The van der Waals surface area contributed by atoms with Gasteiger partial charge in [0.2, 0.25) is 0 Å². The Morgan fingerprint density at radius 3 is 1.61 bits per heavy atom. The van der Waals surface area contributed by atoms with E-state index in [2.05, 4.69) is 0 Å². The van der Waals surface area contributed by atoms with Gasteiger partial charge < -0.3 is 37.9 Å². The Morgan fingerprint density at radius 1 is 0.697 bits per heavy atom. The zero-order valence-electron chi connectivity index (χ0n) is 18.8. The maximum atomic E-state index is 6.33. The van der Waals surface area contributed by atoms with Crippen molar-refractivity contribution in [3.8, 4) is 11.5 Å². The summed E-state index contributed by atoms with van der Waals surface area (Å²) in [6.45, 7) is 0.0622. The molecule has 2 aromatic carbocycles. The Kier molecular flexibility index (Phi) is 6.52. The molecule has 2 unspecified atom stereocenters. The van der Waals surface area contributed by atoms with Gasteiger partial charge in [0.05, 0.1) is 40.8 Å². The first-order chi connectivity index (χ1) is 16.2. The van der Waals surface area contributed by atoms with Gasteiger partial charge in [-0.1, -0.05) is 24.3 Å². The average molecular weight is 456 g/mol. The van der Waals surface area contributed by atoms with Crippen molar-refractivity contribution in [3.05, 3.63) is 71.5 Å². The van der Waals surface area contributed by atoms with E-state index in [4.69, 9.17) is 37.9 Å². The Labute approximate surface area is 192 Å². The van der Waals surface area contributed by atoms with Gasteiger partial charge in [0.1, 0.15) is 42.0 Å². The molecule has 6 atom stereocenters. The van der Waals surface area contributed by atoms with Crippen molar-refractivity contribution in [2.24, 2.45) is 0 Å². The van der Waals surface area contributed by atoms with Crippen LogP contribution in [0.25, 0.3) is 0 Å². The molecule has 1 aliphatic carbocycles. The van der Waals surface area contributed by atoms with Crippen molar-refractivity contribution in [2.45, 2.75) is 50.2 Å². The maximum absolute atomic E-state index is 6.33. The average Bonchev–Trinajstić information content (AvgIpc) is 2.86. The highest BCUT2D eigenvalue weighted by Crippen LogP contribution is 2.45. The molecule has 3 saturated heterocycles. The summed E-state index contributed by atoms with van der Waals surface area (Å²) in [4.78, 5) is 0. The van der Waals surface area contributed by atoms with Crippen LogP contribution in [0.4, 0.5) is 0 Å². The van der Waals surface area contributed by atoms with E-state index >= 15 is 0 Å². The minimum Gasteiger partial charge on any atom is -0.504 e.